The molecule has 114 valence electrons. The first-order valence-electron chi connectivity index (χ1n) is 7.28. The van der Waals surface area contributed by atoms with Gasteiger partial charge in [-0.1, -0.05) is 30.3 Å². The maximum absolute atomic E-state index is 12.0. The Morgan fingerprint density at radius 1 is 0.957 bits per heavy atom. The van der Waals surface area contributed by atoms with Gasteiger partial charge in [-0.2, -0.15) is 0 Å². The van der Waals surface area contributed by atoms with Crippen molar-refractivity contribution in [3.63, 3.8) is 0 Å². The minimum Gasteiger partial charge on any atom is -0.497 e. The predicted octanol–water partition coefficient (Wildman–Crippen LogP) is 4.85. The summed E-state index contributed by atoms with van der Waals surface area (Å²) in [4.78, 5) is 12.0. The van der Waals surface area contributed by atoms with Crippen molar-refractivity contribution in [2.24, 2.45) is 0 Å². The number of hydrogen-bond donors (Lipinski definition) is 0. The molecule has 2 aromatic carbocycles. The molecule has 0 saturated carbocycles. The van der Waals surface area contributed by atoms with Crippen molar-refractivity contribution >= 4 is 11.9 Å². The van der Waals surface area contributed by atoms with E-state index in [1.165, 1.54) is 6.08 Å². The van der Waals surface area contributed by atoms with E-state index in [-0.39, 0.29) is 5.78 Å². The predicted molar refractivity (Wildman–Crippen MR) is 90.5 cm³/mol. The molecular weight excluding hydrogens is 288 g/mol. The van der Waals surface area contributed by atoms with Gasteiger partial charge >= 0.3 is 0 Å². The lowest BCUT2D eigenvalue weighted by Crippen LogP contribution is -1.92. The molecule has 0 atom stereocenters. The molecule has 0 aliphatic rings. The molecule has 1 aromatic heterocycles. The van der Waals surface area contributed by atoms with Crippen LogP contribution in [0.4, 0.5) is 0 Å². The number of ether oxygens (including phenoxy) is 1. The highest BCUT2D eigenvalue weighted by atomic mass is 16.5. The SMILES string of the molecule is COc1ccc(-c2ccc(/C=C/C(=O)c3ccccc3)o2)cc1. The summed E-state index contributed by atoms with van der Waals surface area (Å²) in [6.45, 7) is 0. The zero-order valence-electron chi connectivity index (χ0n) is 12.7. The Morgan fingerprint density at radius 3 is 2.39 bits per heavy atom. The second-order valence-corrected chi connectivity index (χ2v) is 4.99. The van der Waals surface area contributed by atoms with Crippen molar-refractivity contribution in [1.82, 2.24) is 0 Å². The van der Waals surface area contributed by atoms with Gasteiger partial charge < -0.3 is 9.15 Å². The minimum atomic E-state index is -0.0482. The van der Waals surface area contributed by atoms with E-state index >= 15 is 0 Å². The van der Waals surface area contributed by atoms with E-state index in [9.17, 15) is 4.79 Å². The first kappa shape index (κ1) is 14.9. The number of furan rings is 1. The standard InChI is InChI=1S/C20H16O3/c1-22-17-9-7-16(8-10-17)20-14-12-18(23-20)11-13-19(21)15-5-3-2-4-6-15/h2-14H,1H3/b13-11+. The Morgan fingerprint density at radius 2 is 1.70 bits per heavy atom. The van der Waals surface area contributed by atoms with Gasteiger partial charge in [0.25, 0.3) is 0 Å². The van der Waals surface area contributed by atoms with Crippen molar-refractivity contribution in [3.05, 3.63) is 84.1 Å². The molecule has 3 nitrogen and oxygen atoms in total. The average molecular weight is 304 g/mol. The van der Waals surface area contributed by atoms with Crippen LogP contribution < -0.4 is 4.74 Å². The van der Waals surface area contributed by atoms with Gasteiger partial charge in [-0.05, 0) is 48.6 Å². The van der Waals surface area contributed by atoms with Crippen LogP contribution in [0.2, 0.25) is 0 Å². The smallest absolute Gasteiger partial charge is 0.185 e. The summed E-state index contributed by atoms with van der Waals surface area (Å²) < 4.78 is 10.9. The Bertz CT molecular complexity index is 812. The van der Waals surface area contributed by atoms with Gasteiger partial charge in [0.05, 0.1) is 7.11 Å². The molecule has 0 aliphatic carbocycles. The number of carbonyl (C=O) groups excluding carboxylic acids is 1. The molecule has 3 rings (SSSR count). The van der Waals surface area contributed by atoms with Gasteiger partial charge in [-0.3, -0.25) is 4.79 Å². The van der Waals surface area contributed by atoms with Crippen LogP contribution in [-0.2, 0) is 0 Å². The van der Waals surface area contributed by atoms with Crippen LogP contribution in [0.25, 0.3) is 17.4 Å². The average Bonchev–Trinajstić information content (AvgIpc) is 3.09. The van der Waals surface area contributed by atoms with Crippen LogP contribution in [0.1, 0.15) is 16.1 Å². The first-order chi connectivity index (χ1) is 11.3. The van der Waals surface area contributed by atoms with E-state index in [1.807, 2.05) is 54.6 Å². The van der Waals surface area contributed by atoms with Crippen molar-refractivity contribution in [2.75, 3.05) is 7.11 Å². The first-order valence-corrected chi connectivity index (χ1v) is 7.28. The zero-order valence-corrected chi connectivity index (χ0v) is 12.7. The number of rotatable bonds is 5. The molecule has 0 aliphatic heterocycles. The molecule has 3 aromatic rings. The lowest BCUT2D eigenvalue weighted by atomic mass is 10.1. The molecule has 0 unspecified atom stereocenters. The van der Waals surface area contributed by atoms with E-state index in [0.717, 1.165) is 17.1 Å². The fourth-order valence-electron chi connectivity index (χ4n) is 2.21. The Hall–Kier alpha value is -3.07. The Kier molecular flexibility index (Phi) is 4.39. The summed E-state index contributed by atoms with van der Waals surface area (Å²) in [5, 5.41) is 0. The fourth-order valence-corrected chi connectivity index (χ4v) is 2.21. The van der Waals surface area contributed by atoms with Crippen LogP contribution in [0, 0.1) is 0 Å². The molecule has 3 heteroatoms. The van der Waals surface area contributed by atoms with Crippen LogP contribution in [-0.4, -0.2) is 12.9 Å². The molecule has 0 fully saturated rings. The van der Waals surface area contributed by atoms with Crippen LogP contribution in [0.15, 0.2) is 77.2 Å². The second kappa shape index (κ2) is 6.79. The third-order valence-corrected chi connectivity index (χ3v) is 3.46. The van der Waals surface area contributed by atoms with Crippen molar-refractivity contribution in [1.29, 1.82) is 0 Å². The molecular formula is C20H16O3. The van der Waals surface area contributed by atoms with Gasteiger partial charge in [0.15, 0.2) is 5.78 Å². The summed E-state index contributed by atoms with van der Waals surface area (Å²) in [5.41, 5.74) is 1.62. The highest BCUT2D eigenvalue weighted by molar-refractivity contribution is 6.06. The summed E-state index contributed by atoms with van der Waals surface area (Å²) in [6, 6.07) is 20.5. The molecule has 0 N–H and O–H groups in total. The monoisotopic (exact) mass is 304 g/mol. The summed E-state index contributed by atoms with van der Waals surface area (Å²) in [7, 11) is 1.63. The molecule has 0 amide bonds. The van der Waals surface area contributed by atoms with Gasteiger partial charge in [-0.25, -0.2) is 0 Å². The normalized spacial score (nSPS) is 10.8. The maximum atomic E-state index is 12.0. The quantitative estimate of drug-likeness (QED) is 0.499. The number of benzene rings is 2. The lowest BCUT2D eigenvalue weighted by molar-refractivity contribution is 0.104. The Balaban J connectivity index is 1.74. The molecule has 0 radical (unpaired) electrons. The Labute approximate surface area is 134 Å². The highest BCUT2D eigenvalue weighted by Gasteiger charge is 2.04. The summed E-state index contributed by atoms with van der Waals surface area (Å²) >= 11 is 0. The molecule has 1 heterocycles. The van der Waals surface area contributed by atoms with E-state index in [4.69, 9.17) is 9.15 Å². The third kappa shape index (κ3) is 3.58. The molecule has 0 spiro atoms. The number of methoxy groups -OCH3 is 1. The van der Waals surface area contributed by atoms with Gasteiger partial charge in [0, 0.05) is 11.1 Å². The molecule has 0 saturated heterocycles. The van der Waals surface area contributed by atoms with Crippen LogP contribution in [0.5, 0.6) is 5.75 Å². The van der Waals surface area contributed by atoms with Gasteiger partial charge in [0.1, 0.15) is 17.3 Å². The largest absolute Gasteiger partial charge is 0.497 e. The van der Waals surface area contributed by atoms with Gasteiger partial charge in [-0.15, -0.1) is 0 Å². The van der Waals surface area contributed by atoms with Crippen molar-refractivity contribution in [3.8, 4) is 17.1 Å². The highest BCUT2D eigenvalue weighted by Crippen LogP contribution is 2.25. The third-order valence-electron chi connectivity index (χ3n) is 3.46. The van der Waals surface area contributed by atoms with Crippen LogP contribution >= 0.6 is 0 Å². The van der Waals surface area contributed by atoms with E-state index in [0.29, 0.717) is 11.3 Å². The molecule has 23 heavy (non-hydrogen) atoms. The van der Waals surface area contributed by atoms with Gasteiger partial charge in [0.2, 0.25) is 0 Å². The van der Waals surface area contributed by atoms with E-state index < -0.39 is 0 Å². The van der Waals surface area contributed by atoms with E-state index in [1.54, 1.807) is 25.3 Å². The lowest BCUT2D eigenvalue weighted by Gasteiger charge is -2.00. The number of carbonyl (C=O) groups is 1. The fraction of sp³-hybridized carbons (Fsp3) is 0.0500. The number of hydrogen-bond acceptors (Lipinski definition) is 3. The van der Waals surface area contributed by atoms with E-state index in [2.05, 4.69) is 0 Å². The minimum absolute atomic E-state index is 0.0482. The number of allylic oxidation sites excluding steroid dienone is 1. The topological polar surface area (TPSA) is 39.4 Å². The summed E-state index contributed by atoms with van der Waals surface area (Å²) in [5.74, 6) is 2.14. The summed E-state index contributed by atoms with van der Waals surface area (Å²) in [6.07, 6.45) is 3.20. The second-order valence-electron chi connectivity index (χ2n) is 4.99. The zero-order chi connectivity index (χ0) is 16.1. The number of ketones is 1. The van der Waals surface area contributed by atoms with Crippen molar-refractivity contribution in [2.45, 2.75) is 0 Å². The maximum Gasteiger partial charge on any atom is 0.185 e. The van der Waals surface area contributed by atoms with Crippen LogP contribution in [0.3, 0.4) is 0 Å². The van der Waals surface area contributed by atoms with Crippen molar-refractivity contribution < 1.29 is 13.9 Å². The molecule has 0 bridgehead atoms.